The van der Waals surface area contributed by atoms with Crippen molar-refractivity contribution in [3.8, 4) is 5.75 Å². The predicted molar refractivity (Wildman–Crippen MR) is 68.4 cm³/mol. The second-order valence-corrected chi connectivity index (χ2v) is 4.40. The molecular formula is C13H10ClF3N2O. The third kappa shape index (κ3) is 3.85. The molecule has 0 amide bonds. The smallest absolute Gasteiger partial charge is 0.406 e. The van der Waals surface area contributed by atoms with Crippen LogP contribution >= 0.6 is 11.6 Å². The van der Waals surface area contributed by atoms with Crippen molar-refractivity contribution >= 4 is 11.6 Å². The highest BCUT2D eigenvalue weighted by Gasteiger charge is 2.31. The van der Waals surface area contributed by atoms with E-state index in [4.69, 9.17) is 17.3 Å². The Bertz CT molecular complexity index is 570. The van der Waals surface area contributed by atoms with Crippen LogP contribution in [-0.4, -0.2) is 11.3 Å². The van der Waals surface area contributed by atoms with Gasteiger partial charge in [0.25, 0.3) is 0 Å². The summed E-state index contributed by atoms with van der Waals surface area (Å²) in [6, 6.07) is 8.18. The van der Waals surface area contributed by atoms with Gasteiger partial charge in [0.2, 0.25) is 0 Å². The van der Waals surface area contributed by atoms with Gasteiger partial charge in [0, 0.05) is 6.20 Å². The lowest BCUT2D eigenvalue weighted by molar-refractivity contribution is -0.274. The molecular weight excluding hydrogens is 293 g/mol. The van der Waals surface area contributed by atoms with Crippen LogP contribution in [0.1, 0.15) is 17.2 Å². The van der Waals surface area contributed by atoms with E-state index in [1.807, 2.05) is 0 Å². The standard InChI is InChI=1S/C13H10ClF3N2O/c14-11-6-3-9(7-19-11)12(18)8-1-4-10(5-2-8)20-13(15,16)17/h1-7,12H,18H2/t12-/m0/s1. The van der Waals surface area contributed by atoms with E-state index in [9.17, 15) is 13.2 Å². The second-order valence-electron chi connectivity index (χ2n) is 4.01. The Morgan fingerprint density at radius 3 is 2.15 bits per heavy atom. The van der Waals surface area contributed by atoms with E-state index in [0.717, 1.165) is 0 Å². The first-order chi connectivity index (χ1) is 9.35. The summed E-state index contributed by atoms with van der Waals surface area (Å²) in [4.78, 5) is 3.90. The summed E-state index contributed by atoms with van der Waals surface area (Å²) >= 11 is 5.67. The maximum Gasteiger partial charge on any atom is 0.573 e. The molecule has 1 atom stereocenters. The van der Waals surface area contributed by atoms with Gasteiger partial charge < -0.3 is 10.5 Å². The fraction of sp³-hybridized carbons (Fsp3) is 0.154. The molecule has 0 radical (unpaired) electrons. The largest absolute Gasteiger partial charge is 0.573 e. The van der Waals surface area contributed by atoms with Crippen LogP contribution in [0.5, 0.6) is 5.75 Å². The van der Waals surface area contributed by atoms with Crippen LogP contribution in [0, 0.1) is 0 Å². The van der Waals surface area contributed by atoms with Gasteiger partial charge in [-0.1, -0.05) is 29.8 Å². The Morgan fingerprint density at radius 2 is 1.65 bits per heavy atom. The number of halogens is 4. The third-order valence-electron chi connectivity index (χ3n) is 2.58. The maximum absolute atomic E-state index is 12.0. The number of hydrogen-bond acceptors (Lipinski definition) is 3. The van der Waals surface area contributed by atoms with Gasteiger partial charge in [-0.3, -0.25) is 0 Å². The van der Waals surface area contributed by atoms with E-state index in [0.29, 0.717) is 16.3 Å². The van der Waals surface area contributed by atoms with E-state index < -0.39 is 12.4 Å². The van der Waals surface area contributed by atoms with Crippen LogP contribution in [0.25, 0.3) is 0 Å². The highest BCUT2D eigenvalue weighted by molar-refractivity contribution is 6.29. The first-order valence-corrected chi connectivity index (χ1v) is 5.96. The molecule has 0 aliphatic rings. The molecule has 0 saturated carbocycles. The van der Waals surface area contributed by atoms with Gasteiger partial charge in [0.15, 0.2) is 0 Å². The zero-order valence-electron chi connectivity index (χ0n) is 10.1. The molecule has 2 aromatic rings. The highest BCUT2D eigenvalue weighted by Crippen LogP contribution is 2.26. The molecule has 7 heteroatoms. The van der Waals surface area contributed by atoms with Crippen LogP contribution in [-0.2, 0) is 0 Å². The van der Waals surface area contributed by atoms with Crippen molar-refractivity contribution in [3.63, 3.8) is 0 Å². The maximum atomic E-state index is 12.0. The molecule has 0 aliphatic carbocycles. The van der Waals surface area contributed by atoms with Crippen molar-refractivity contribution in [2.75, 3.05) is 0 Å². The SMILES string of the molecule is N[C@@H](c1ccc(OC(F)(F)F)cc1)c1ccc(Cl)nc1. The number of nitrogens with zero attached hydrogens (tertiary/aromatic N) is 1. The minimum atomic E-state index is -4.70. The van der Waals surface area contributed by atoms with Crippen LogP contribution in [0.15, 0.2) is 42.6 Å². The number of rotatable bonds is 3. The number of pyridine rings is 1. The number of benzene rings is 1. The lowest BCUT2D eigenvalue weighted by Gasteiger charge is -2.13. The number of hydrogen-bond donors (Lipinski definition) is 1. The monoisotopic (exact) mass is 302 g/mol. The number of alkyl halides is 3. The molecule has 0 saturated heterocycles. The molecule has 0 fully saturated rings. The molecule has 20 heavy (non-hydrogen) atoms. The van der Waals surface area contributed by atoms with Crippen LogP contribution in [0.3, 0.4) is 0 Å². The van der Waals surface area contributed by atoms with Crippen LogP contribution in [0.4, 0.5) is 13.2 Å². The van der Waals surface area contributed by atoms with Crippen LogP contribution < -0.4 is 10.5 Å². The Kier molecular flexibility index (Phi) is 4.15. The zero-order chi connectivity index (χ0) is 14.8. The molecule has 1 aromatic heterocycles. The van der Waals surface area contributed by atoms with E-state index in [1.165, 1.54) is 30.5 Å². The van der Waals surface area contributed by atoms with Gasteiger partial charge in [-0.05, 0) is 29.3 Å². The van der Waals surface area contributed by atoms with Crippen molar-refractivity contribution in [1.29, 1.82) is 0 Å². The molecule has 2 rings (SSSR count). The van der Waals surface area contributed by atoms with Gasteiger partial charge in [-0.25, -0.2) is 4.98 Å². The molecule has 0 spiro atoms. The predicted octanol–water partition coefficient (Wildman–Crippen LogP) is 3.68. The second kappa shape index (κ2) is 5.68. The van der Waals surface area contributed by atoms with Crippen molar-refractivity contribution in [1.82, 2.24) is 4.98 Å². The van der Waals surface area contributed by atoms with E-state index in [2.05, 4.69) is 9.72 Å². The van der Waals surface area contributed by atoms with Crippen molar-refractivity contribution in [2.24, 2.45) is 5.73 Å². The van der Waals surface area contributed by atoms with Crippen molar-refractivity contribution in [3.05, 3.63) is 58.9 Å². The molecule has 0 unspecified atom stereocenters. The summed E-state index contributed by atoms with van der Waals surface area (Å²) in [5, 5.41) is 0.342. The molecule has 2 N–H and O–H groups in total. The summed E-state index contributed by atoms with van der Waals surface area (Å²) in [6.45, 7) is 0. The van der Waals surface area contributed by atoms with Gasteiger partial charge in [-0.15, -0.1) is 13.2 Å². The number of nitrogens with two attached hydrogens (primary N) is 1. The summed E-state index contributed by atoms with van der Waals surface area (Å²) in [6.07, 6.45) is -3.18. The minimum absolute atomic E-state index is 0.289. The third-order valence-corrected chi connectivity index (χ3v) is 2.81. The van der Waals surface area contributed by atoms with Gasteiger partial charge in [0.1, 0.15) is 10.9 Å². The zero-order valence-corrected chi connectivity index (χ0v) is 10.8. The lowest BCUT2D eigenvalue weighted by Crippen LogP contribution is -2.17. The fourth-order valence-electron chi connectivity index (χ4n) is 1.64. The minimum Gasteiger partial charge on any atom is -0.406 e. The molecule has 1 aromatic carbocycles. The Labute approximate surface area is 118 Å². The van der Waals surface area contributed by atoms with Crippen molar-refractivity contribution < 1.29 is 17.9 Å². The lowest BCUT2D eigenvalue weighted by atomic mass is 10.0. The summed E-state index contributed by atoms with van der Waals surface area (Å²) in [7, 11) is 0. The van der Waals surface area contributed by atoms with E-state index in [1.54, 1.807) is 12.1 Å². The summed E-state index contributed by atoms with van der Waals surface area (Å²) in [5.74, 6) is -0.289. The highest BCUT2D eigenvalue weighted by atomic mass is 35.5. The average molecular weight is 303 g/mol. The topological polar surface area (TPSA) is 48.1 Å². The van der Waals surface area contributed by atoms with Crippen LogP contribution in [0.2, 0.25) is 5.15 Å². The average Bonchev–Trinajstić information content (AvgIpc) is 2.38. The molecule has 1 heterocycles. The van der Waals surface area contributed by atoms with E-state index in [-0.39, 0.29) is 5.75 Å². The first-order valence-electron chi connectivity index (χ1n) is 5.58. The molecule has 0 bridgehead atoms. The Hall–Kier alpha value is -1.79. The molecule has 0 aliphatic heterocycles. The normalized spacial score (nSPS) is 13.1. The Balaban J connectivity index is 2.15. The number of ether oxygens (including phenoxy) is 1. The van der Waals surface area contributed by atoms with Gasteiger partial charge in [0.05, 0.1) is 6.04 Å². The fourth-order valence-corrected chi connectivity index (χ4v) is 1.75. The summed E-state index contributed by atoms with van der Waals surface area (Å²) in [5.41, 5.74) is 7.35. The molecule has 3 nitrogen and oxygen atoms in total. The number of aromatic nitrogens is 1. The Morgan fingerprint density at radius 1 is 1.05 bits per heavy atom. The first kappa shape index (κ1) is 14.6. The summed E-state index contributed by atoms with van der Waals surface area (Å²) < 4.78 is 39.9. The van der Waals surface area contributed by atoms with Gasteiger partial charge in [-0.2, -0.15) is 0 Å². The quantitative estimate of drug-likeness (QED) is 0.880. The van der Waals surface area contributed by atoms with Crippen molar-refractivity contribution in [2.45, 2.75) is 12.4 Å². The van der Waals surface area contributed by atoms with Gasteiger partial charge >= 0.3 is 6.36 Å². The molecule has 106 valence electrons. The van der Waals surface area contributed by atoms with E-state index >= 15 is 0 Å².